The number of carbonyl (C=O) groups is 1. The van der Waals surface area contributed by atoms with Crippen molar-refractivity contribution in [3.63, 3.8) is 0 Å². The Labute approximate surface area is 126 Å². The van der Waals surface area contributed by atoms with Gasteiger partial charge in [0.15, 0.2) is 0 Å². The summed E-state index contributed by atoms with van der Waals surface area (Å²) in [5, 5.41) is 2.96. The van der Waals surface area contributed by atoms with Crippen LogP contribution in [0.5, 0.6) is 0 Å². The van der Waals surface area contributed by atoms with Gasteiger partial charge >= 0.3 is 0 Å². The number of amides is 1. The van der Waals surface area contributed by atoms with E-state index in [1.165, 1.54) is 16.7 Å². The Bertz CT molecular complexity index is 618. The molecule has 2 aromatic rings. The number of hydrogen-bond acceptors (Lipinski definition) is 2. The summed E-state index contributed by atoms with van der Waals surface area (Å²) in [6.07, 6.45) is 1.25. The second-order valence-corrected chi connectivity index (χ2v) is 5.44. The SMILES string of the molecule is Cc1ccc(CC(=O)NCCc2ccc(N)cc2)cc1C. The van der Waals surface area contributed by atoms with Gasteiger partial charge < -0.3 is 11.1 Å². The summed E-state index contributed by atoms with van der Waals surface area (Å²) in [6, 6.07) is 13.9. The van der Waals surface area contributed by atoms with Crippen molar-refractivity contribution in [3.8, 4) is 0 Å². The van der Waals surface area contributed by atoms with E-state index in [-0.39, 0.29) is 5.91 Å². The Balaban J connectivity index is 1.79. The van der Waals surface area contributed by atoms with E-state index in [0.717, 1.165) is 17.7 Å². The fraction of sp³-hybridized carbons (Fsp3) is 0.278. The molecule has 0 fully saturated rings. The second kappa shape index (κ2) is 6.93. The Hall–Kier alpha value is -2.29. The van der Waals surface area contributed by atoms with Crippen molar-refractivity contribution in [1.29, 1.82) is 0 Å². The Morgan fingerprint density at radius 2 is 1.67 bits per heavy atom. The highest BCUT2D eigenvalue weighted by atomic mass is 16.1. The molecule has 0 radical (unpaired) electrons. The molecular weight excluding hydrogens is 260 g/mol. The summed E-state index contributed by atoms with van der Waals surface area (Å²) < 4.78 is 0. The monoisotopic (exact) mass is 282 g/mol. The molecule has 110 valence electrons. The molecule has 0 bridgehead atoms. The van der Waals surface area contributed by atoms with Crippen LogP contribution in [-0.2, 0) is 17.6 Å². The van der Waals surface area contributed by atoms with Crippen LogP contribution < -0.4 is 11.1 Å². The summed E-state index contributed by atoms with van der Waals surface area (Å²) in [4.78, 5) is 11.9. The van der Waals surface area contributed by atoms with E-state index in [1.807, 2.05) is 30.3 Å². The zero-order valence-corrected chi connectivity index (χ0v) is 12.6. The number of nitrogens with two attached hydrogens (primary N) is 1. The zero-order chi connectivity index (χ0) is 15.2. The molecular formula is C18H22N2O. The van der Waals surface area contributed by atoms with Crippen molar-refractivity contribution in [1.82, 2.24) is 5.32 Å². The van der Waals surface area contributed by atoms with E-state index >= 15 is 0 Å². The van der Waals surface area contributed by atoms with E-state index in [1.54, 1.807) is 0 Å². The molecule has 0 spiro atoms. The maximum absolute atomic E-state index is 11.9. The lowest BCUT2D eigenvalue weighted by Gasteiger charge is -2.07. The predicted molar refractivity (Wildman–Crippen MR) is 87.2 cm³/mol. The van der Waals surface area contributed by atoms with Crippen LogP contribution in [0, 0.1) is 13.8 Å². The molecule has 0 saturated carbocycles. The number of hydrogen-bond donors (Lipinski definition) is 2. The fourth-order valence-electron chi connectivity index (χ4n) is 2.19. The summed E-state index contributed by atoms with van der Waals surface area (Å²) in [6.45, 7) is 4.79. The Morgan fingerprint density at radius 3 is 2.33 bits per heavy atom. The number of carbonyl (C=O) groups excluding carboxylic acids is 1. The third-order valence-corrected chi connectivity index (χ3v) is 3.65. The minimum atomic E-state index is 0.0636. The fourth-order valence-corrected chi connectivity index (χ4v) is 2.19. The summed E-state index contributed by atoms with van der Waals surface area (Å²) in [7, 11) is 0. The average molecular weight is 282 g/mol. The summed E-state index contributed by atoms with van der Waals surface area (Å²) in [5.41, 5.74) is 11.1. The normalized spacial score (nSPS) is 10.4. The van der Waals surface area contributed by atoms with Crippen molar-refractivity contribution in [2.24, 2.45) is 0 Å². The molecule has 3 N–H and O–H groups in total. The number of anilines is 1. The lowest BCUT2D eigenvalue weighted by atomic mass is 10.0. The van der Waals surface area contributed by atoms with Crippen LogP contribution in [0.15, 0.2) is 42.5 Å². The van der Waals surface area contributed by atoms with Crippen LogP contribution in [0.25, 0.3) is 0 Å². The van der Waals surface area contributed by atoms with Gasteiger partial charge in [0, 0.05) is 12.2 Å². The molecule has 21 heavy (non-hydrogen) atoms. The average Bonchev–Trinajstić information content (AvgIpc) is 2.45. The summed E-state index contributed by atoms with van der Waals surface area (Å²) in [5.74, 6) is 0.0636. The van der Waals surface area contributed by atoms with Gasteiger partial charge in [-0.2, -0.15) is 0 Å². The van der Waals surface area contributed by atoms with Crippen LogP contribution >= 0.6 is 0 Å². The highest BCUT2D eigenvalue weighted by Gasteiger charge is 2.04. The smallest absolute Gasteiger partial charge is 0.224 e. The lowest BCUT2D eigenvalue weighted by molar-refractivity contribution is -0.120. The minimum absolute atomic E-state index is 0.0636. The third-order valence-electron chi connectivity index (χ3n) is 3.65. The first-order chi connectivity index (χ1) is 10.0. The molecule has 0 aliphatic heterocycles. The van der Waals surface area contributed by atoms with Gasteiger partial charge in [0.05, 0.1) is 6.42 Å². The van der Waals surface area contributed by atoms with Gasteiger partial charge in [-0.1, -0.05) is 30.3 Å². The maximum atomic E-state index is 11.9. The molecule has 0 aliphatic carbocycles. The van der Waals surface area contributed by atoms with Crippen LogP contribution in [0.4, 0.5) is 5.69 Å². The van der Waals surface area contributed by atoms with Crippen molar-refractivity contribution in [3.05, 3.63) is 64.7 Å². The highest BCUT2D eigenvalue weighted by molar-refractivity contribution is 5.78. The molecule has 2 aromatic carbocycles. The molecule has 0 aromatic heterocycles. The van der Waals surface area contributed by atoms with Crippen molar-refractivity contribution < 1.29 is 4.79 Å². The van der Waals surface area contributed by atoms with Gasteiger partial charge in [-0.3, -0.25) is 4.79 Å². The van der Waals surface area contributed by atoms with Crippen LogP contribution in [-0.4, -0.2) is 12.5 Å². The van der Waals surface area contributed by atoms with Crippen LogP contribution in [0.2, 0.25) is 0 Å². The standard InChI is InChI=1S/C18H22N2O/c1-13-3-4-16(11-14(13)2)12-18(21)20-10-9-15-5-7-17(19)8-6-15/h3-8,11H,9-10,12,19H2,1-2H3,(H,20,21). The Kier molecular flexibility index (Phi) is 4.99. The quantitative estimate of drug-likeness (QED) is 0.829. The number of rotatable bonds is 5. The zero-order valence-electron chi connectivity index (χ0n) is 12.6. The highest BCUT2D eigenvalue weighted by Crippen LogP contribution is 2.10. The molecule has 0 saturated heterocycles. The lowest BCUT2D eigenvalue weighted by Crippen LogP contribution is -2.27. The maximum Gasteiger partial charge on any atom is 0.224 e. The largest absolute Gasteiger partial charge is 0.399 e. The topological polar surface area (TPSA) is 55.1 Å². The molecule has 3 heteroatoms. The first-order valence-electron chi connectivity index (χ1n) is 7.22. The van der Waals surface area contributed by atoms with Gasteiger partial charge in [-0.15, -0.1) is 0 Å². The molecule has 1 amide bonds. The van der Waals surface area contributed by atoms with E-state index < -0.39 is 0 Å². The van der Waals surface area contributed by atoms with Gasteiger partial charge in [-0.05, 0) is 54.7 Å². The predicted octanol–water partition coefficient (Wildman–Crippen LogP) is 2.79. The van der Waals surface area contributed by atoms with Crippen molar-refractivity contribution in [2.45, 2.75) is 26.7 Å². The molecule has 0 unspecified atom stereocenters. The molecule has 0 atom stereocenters. The van der Waals surface area contributed by atoms with Crippen molar-refractivity contribution in [2.75, 3.05) is 12.3 Å². The number of nitrogens with one attached hydrogen (secondary N) is 1. The number of benzene rings is 2. The van der Waals surface area contributed by atoms with E-state index in [4.69, 9.17) is 5.73 Å². The van der Waals surface area contributed by atoms with Crippen molar-refractivity contribution >= 4 is 11.6 Å². The van der Waals surface area contributed by atoms with Crippen LogP contribution in [0.3, 0.4) is 0 Å². The van der Waals surface area contributed by atoms with E-state index in [0.29, 0.717) is 13.0 Å². The van der Waals surface area contributed by atoms with Gasteiger partial charge in [0.2, 0.25) is 5.91 Å². The molecule has 2 rings (SSSR count). The second-order valence-electron chi connectivity index (χ2n) is 5.44. The third kappa shape index (κ3) is 4.63. The summed E-state index contributed by atoms with van der Waals surface area (Å²) >= 11 is 0. The number of aryl methyl sites for hydroxylation is 2. The van der Waals surface area contributed by atoms with E-state index in [2.05, 4.69) is 31.3 Å². The molecule has 0 heterocycles. The minimum Gasteiger partial charge on any atom is -0.399 e. The van der Waals surface area contributed by atoms with Crippen LogP contribution in [0.1, 0.15) is 22.3 Å². The first-order valence-corrected chi connectivity index (χ1v) is 7.22. The van der Waals surface area contributed by atoms with Gasteiger partial charge in [0.25, 0.3) is 0 Å². The van der Waals surface area contributed by atoms with Gasteiger partial charge in [0.1, 0.15) is 0 Å². The van der Waals surface area contributed by atoms with E-state index in [9.17, 15) is 4.79 Å². The Morgan fingerprint density at radius 1 is 1.00 bits per heavy atom. The molecule has 0 aliphatic rings. The first kappa shape index (κ1) is 15.1. The molecule has 3 nitrogen and oxygen atoms in total. The van der Waals surface area contributed by atoms with Gasteiger partial charge in [-0.25, -0.2) is 0 Å². The number of nitrogen functional groups attached to an aromatic ring is 1.